The second-order valence-corrected chi connectivity index (χ2v) is 5.29. The Morgan fingerprint density at radius 1 is 1.53 bits per heavy atom. The van der Waals surface area contributed by atoms with Crippen molar-refractivity contribution in [2.45, 2.75) is 25.3 Å². The van der Waals surface area contributed by atoms with Crippen LogP contribution in [0.1, 0.15) is 31.0 Å². The van der Waals surface area contributed by atoms with Crippen LogP contribution in [-0.2, 0) is 0 Å². The smallest absolute Gasteiger partial charge is 0.141 e. The molecule has 2 atom stereocenters. The van der Waals surface area contributed by atoms with Gasteiger partial charge in [0.25, 0.3) is 0 Å². The molecule has 0 amide bonds. The predicted octanol–water partition coefficient (Wildman–Crippen LogP) is 1.31. The fourth-order valence-electron chi connectivity index (χ4n) is 2.58. The molecule has 0 bridgehead atoms. The van der Waals surface area contributed by atoms with Gasteiger partial charge in [-0.25, -0.2) is 4.39 Å². The highest BCUT2D eigenvalue weighted by Gasteiger charge is 2.19. The van der Waals surface area contributed by atoms with Gasteiger partial charge >= 0.3 is 0 Å². The Balaban J connectivity index is 1.79. The van der Waals surface area contributed by atoms with E-state index in [1.807, 2.05) is 0 Å². The minimum atomic E-state index is -0.335. The van der Waals surface area contributed by atoms with E-state index in [0.29, 0.717) is 5.92 Å². The first-order valence-corrected chi connectivity index (χ1v) is 6.89. The number of nitrogens with zero attached hydrogens (tertiary/aromatic N) is 2. The lowest BCUT2D eigenvalue weighted by Gasteiger charge is -2.32. The van der Waals surface area contributed by atoms with Crippen LogP contribution < -0.4 is 5.73 Å². The zero-order chi connectivity index (χ0) is 13.7. The van der Waals surface area contributed by atoms with E-state index in [1.54, 1.807) is 6.07 Å². The molecule has 0 spiro atoms. The molecule has 19 heavy (non-hydrogen) atoms. The standard InChI is InChI=1S/C14H22FN3O/c15-12-3-4-14(17-8-12)13(16)5-7-18-6-1-2-11(9-18)10-19/h3-4,8,11,13,19H,1-2,5-7,9-10,16H2. The van der Waals surface area contributed by atoms with Gasteiger partial charge in [-0.1, -0.05) is 0 Å². The minimum Gasteiger partial charge on any atom is -0.396 e. The normalized spacial score (nSPS) is 22.4. The first-order valence-electron chi connectivity index (χ1n) is 6.89. The lowest BCUT2D eigenvalue weighted by molar-refractivity contribution is 0.118. The van der Waals surface area contributed by atoms with Gasteiger partial charge in [-0.3, -0.25) is 4.98 Å². The first-order chi connectivity index (χ1) is 9.19. The molecule has 0 aliphatic carbocycles. The van der Waals surface area contributed by atoms with Crippen molar-refractivity contribution in [2.75, 3.05) is 26.2 Å². The number of halogens is 1. The van der Waals surface area contributed by atoms with Gasteiger partial charge in [0.2, 0.25) is 0 Å². The Kier molecular flexibility index (Phi) is 5.24. The Morgan fingerprint density at radius 3 is 3.05 bits per heavy atom. The van der Waals surface area contributed by atoms with E-state index in [9.17, 15) is 9.50 Å². The van der Waals surface area contributed by atoms with Crippen LogP contribution in [0.25, 0.3) is 0 Å². The molecule has 4 nitrogen and oxygen atoms in total. The first kappa shape index (κ1) is 14.4. The summed E-state index contributed by atoms with van der Waals surface area (Å²) in [5, 5.41) is 9.19. The molecule has 0 saturated carbocycles. The van der Waals surface area contributed by atoms with E-state index in [-0.39, 0.29) is 18.5 Å². The number of aliphatic hydroxyl groups excluding tert-OH is 1. The molecule has 0 aromatic carbocycles. The van der Waals surface area contributed by atoms with E-state index in [2.05, 4.69) is 9.88 Å². The molecule has 0 radical (unpaired) electrons. The number of aliphatic hydroxyl groups is 1. The molecule has 1 fully saturated rings. The van der Waals surface area contributed by atoms with Gasteiger partial charge in [0.1, 0.15) is 5.82 Å². The summed E-state index contributed by atoms with van der Waals surface area (Å²) in [7, 11) is 0. The Labute approximate surface area is 113 Å². The molecule has 5 heteroatoms. The van der Waals surface area contributed by atoms with Crippen LogP contribution in [0.2, 0.25) is 0 Å². The number of nitrogens with two attached hydrogens (primary N) is 1. The number of likely N-dealkylation sites (tertiary alicyclic amines) is 1. The van der Waals surface area contributed by atoms with Crippen molar-refractivity contribution in [3.8, 4) is 0 Å². The Hall–Kier alpha value is -1.04. The maximum atomic E-state index is 12.8. The molecule has 1 aromatic rings. The lowest BCUT2D eigenvalue weighted by atomic mass is 9.98. The number of hydrogen-bond donors (Lipinski definition) is 2. The van der Waals surface area contributed by atoms with Gasteiger partial charge in [-0.2, -0.15) is 0 Å². The SMILES string of the molecule is NC(CCN1CCCC(CO)C1)c1ccc(F)cn1. The van der Waals surface area contributed by atoms with Crippen LogP contribution in [-0.4, -0.2) is 41.2 Å². The number of rotatable bonds is 5. The Bertz CT molecular complexity index is 385. The lowest BCUT2D eigenvalue weighted by Crippen LogP contribution is -2.38. The quantitative estimate of drug-likeness (QED) is 0.844. The van der Waals surface area contributed by atoms with Gasteiger partial charge in [-0.15, -0.1) is 0 Å². The topological polar surface area (TPSA) is 62.4 Å². The second-order valence-electron chi connectivity index (χ2n) is 5.29. The summed E-state index contributed by atoms with van der Waals surface area (Å²) in [4.78, 5) is 6.36. The zero-order valence-corrected chi connectivity index (χ0v) is 11.1. The van der Waals surface area contributed by atoms with Crippen molar-refractivity contribution in [1.82, 2.24) is 9.88 Å². The van der Waals surface area contributed by atoms with Crippen LogP contribution in [0.5, 0.6) is 0 Å². The zero-order valence-electron chi connectivity index (χ0n) is 11.1. The van der Waals surface area contributed by atoms with Crippen LogP contribution in [0, 0.1) is 11.7 Å². The molecule has 106 valence electrons. The third kappa shape index (κ3) is 4.23. The molecule has 1 aromatic heterocycles. The van der Waals surface area contributed by atoms with E-state index < -0.39 is 0 Å². The van der Waals surface area contributed by atoms with Gasteiger partial charge < -0.3 is 15.7 Å². The average Bonchev–Trinajstić information content (AvgIpc) is 2.46. The summed E-state index contributed by atoms with van der Waals surface area (Å²) in [5.41, 5.74) is 6.80. The monoisotopic (exact) mass is 267 g/mol. The highest BCUT2D eigenvalue weighted by Crippen LogP contribution is 2.18. The third-order valence-corrected chi connectivity index (χ3v) is 3.75. The maximum Gasteiger partial charge on any atom is 0.141 e. The van der Waals surface area contributed by atoms with Gasteiger partial charge in [-0.05, 0) is 43.9 Å². The highest BCUT2D eigenvalue weighted by atomic mass is 19.1. The highest BCUT2D eigenvalue weighted by molar-refractivity contribution is 5.09. The van der Waals surface area contributed by atoms with Crippen molar-refractivity contribution in [3.05, 3.63) is 29.8 Å². The van der Waals surface area contributed by atoms with Crippen LogP contribution in [0.4, 0.5) is 4.39 Å². The van der Waals surface area contributed by atoms with Crippen molar-refractivity contribution < 1.29 is 9.50 Å². The van der Waals surface area contributed by atoms with Gasteiger partial charge in [0.15, 0.2) is 0 Å². The summed E-state index contributed by atoms with van der Waals surface area (Å²) >= 11 is 0. The minimum absolute atomic E-state index is 0.157. The summed E-state index contributed by atoms with van der Waals surface area (Å²) in [6.45, 7) is 3.18. The molecule has 2 heterocycles. The maximum absolute atomic E-state index is 12.8. The van der Waals surface area contributed by atoms with Gasteiger partial charge in [0, 0.05) is 25.7 Å². The van der Waals surface area contributed by atoms with Crippen LogP contribution in [0.3, 0.4) is 0 Å². The van der Waals surface area contributed by atoms with E-state index in [4.69, 9.17) is 5.73 Å². The third-order valence-electron chi connectivity index (χ3n) is 3.75. The predicted molar refractivity (Wildman–Crippen MR) is 72.0 cm³/mol. The van der Waals surface area contributed by atoms with Crippen LogP contribution in [0.15, 0.2) is 18.3 Å². The second kappa shape index (κ2) is 6.93. The number of pyridine rings is 1. The van der Waals surface area contributed by atoms with Crippen molar-refractivity contribution in [3.63, 3.8) is 0 Å². The summed E-state index contributed by atoms with van der Waals surface area (Å²) in [6.07, 6.45) is 4.25. The summed E-state index contributed by atoms with van der Waals surface area (Å²) in [6, 6.07) is 2.88. The molecule has 1 aliphatic rings. The Morgan fingerprint density at radius 2 is 2.37 bits per heavy atom. The molecular formula is C14H22FN3O. The molecule has 2 unspecified atom stereocenters. The summed E-state index contributed by atoms with van der Waals surface area (Å²) < 4.78 is 12.8. The van der Waals surface area contributed by atoms with Crippen molar-refractivity contribution in [1.29, 1.82) is 0 Å². The van der Waals surface area contributed by atoms with Gasteiger partial charge in [0.05, 0.1) is 11.9 Å². The molecule has 2 rings (SSSR count). The number of aromatic nitrogens is 1. The molecule has 1 saturated heterocycles. The van der Waals surface area contributed by atoms with E-state index in [0.717, 1.165) is 44.6 Å². The van der Waals surface area contributed by atoms with Crippen molar-refractivity contribution >= 4 is 0 Å². The molecule has 1 aliphatic heterocycles. The average molecular weight is 267 g/mol. The number of hydrogen-bond acceptors (Lipinski definition) is 4. The molecular weight excluding hydrogens is 245 g/mol. The van der Waals surface area contributed by atoms with Crippen molar-refractivity contribution in [2.24, 2.45) is 11.7 Å². The molecule has 3 N–H and O–H groups in total. The van der Waals surface area contributed by atoms with E-state index >= 15 is 0 Å². The summed E-state index contributed by atoms with van der Waals surface area (Å²) in [5.74, 6) is 0.0617. The van der Waals surface area contributed by atoms with E-state index in [1.165, 1.54) is 12.3 Å². The number of piperidine rings is 1. The fourth-order valence-corrected chi connectivity index (χ4v) is 2.58. The fraction of sp³-hybridized carbons (Fsp3) is 0.643. The largest absolute Gasteiger partial charge is 0.396 e. The van der Waals surface area contributed by atoms with Crippen LogP contribution >= 0.6 is 0 Å².